The fraction of sp³-hybridized carbons (Fsp3) is 0.778. The lowest BCUT2D eigenvalue weighted by Crippen LogP contribution is -2.06. The van der Waals surface area contributed by atoms with Gasteiger partial charge in [-0.15, -0.1) is 6.58 Å². The van der Waals surface area contributed by atoms with Crippen LogP contribution in [-0.4, -0.2) is 13.6 Å². The quantitative estimate of drug-likeness (QED) is 0.471. The molecule has 1 heteroatoms. The van der Waals surface area contributed by atoms with Crippen molar-refractivity contribution in [2.45, 2.75) is 33.6 Å². The van der Waals surface area contributed by atoms with Crippen LogP contribution in [0.15, 0.2) is 12.2 Å². The van der Waals surface area contributed by atoms with Crippen molar-refractivity contribution in [3.05, 3.63) is 12.2 Å². The van der Waals surface area contributed by atoms with Crippen molar-refractivity contribution < 1.29 is 0 Å². The highest BCUT2D eigenvalue weighted by atomic mass is 14.8. The maximum Gasteiger partial charge on any atom is -0.00489 e. The molecule has 0 aliphatic carbocycles. The summed E-state index contributed by atoms with van der Waals surface area (Å²) in [5, 5.41) is 3.08. The molecule has 0 saturated carbocycles. The standard InChI is InChI=1S/C7H15N.C2H6/c1-7(2)5-4-6-8-3;1-2/h8H,1,4-6H2,2-3H3;1-2H3. The number of nitrogens with one attached hydrogen (secondary N) is 1. The molecule has 10 heavy (non-hydrogen) atoms. The monoisotopic (exact) mass is 143 g/mol. The van der Waals surface area contributed by atoms with Gasteiger partial charge in [0.1, 0.15) is 0 Å². The van der Waals surface area contributed by atoms with Crippen LogP contribution in [0.4, 0.5) is 0 Å². The summed E-state index contributed by atoms with van der Waals surface area (Å²) in [5.74, 6) is 0. The van der Waals surface area contributed by atoms with E-state index in [1.165, 1.54) is 12.0 Å². The Labute approximate surface area is 65.5 Å². The molecule has 0 aromatic heterocycles. The Kier molecular flexibility index (Phi) is 14.2. The first-order valence-electron chi connectivity index (χ1n) is 4.06. The Morgan fingerprint density at radius 2 is 1.90 bits per heavy atom. The Morgan fingerprint density at radius 1 is 1.40 bits per heavy atom. The topological polar surface area (TPSA) is 12.0 Å². The van der Waals surface area contributed by atoms with Crippen LogP contribution >= 0.6 is 0 Å². The van der Waals surface area contributed by atoms with E-state index in [9.17, 15) is 0 Å². The van der Waals surface area contributed by atoms with E-state index >= 15 is 0 Å². The van der Waals surface area contributed by atoms with Crippen LogP contribution in [0.5, 0.6) is 0 Å². The summed E-state index contributed by atoms with van der Waals surface area (Å²) in [7, 11) is 1.97. The SMILES string of the molecule is C=C(C)CCCNC.CC. The lowest BCUT2D eigenvalue weighted by atomic mass is 10.2. The molecule has 1 nitrogen and oxygen atoms in total. The zero-order valence-electron chi connectivity index (χ0n) is 7.83. The molecular weight excluding hydrogens is 122 g/mol. The van der Waals surface area contributed by atoms with Gasteiger partial charge in [0.15, 0.2) is 0 Å². The average molecular weight is 143 g/mol. The van der Waals surface area contributed by atoms with Gasteiger partial charge in [-0.05, 0) is 33.4 Å². The summed E-state index contributed by atoms with van der Waals surface area (Å²) in [4.78, 5) is 0. The molecule has 0 aromatic carbocycles. The average Bonchev–Trinajstić information content (AvgIpc) is 1.92. The van der Waals surface area contributed by atoms with Crippen molar-refractivity contribution in [1.82, 2.24) is 5.32 Å². The van der Waals surface area contributed by atoms with E-state index in [1.54, 1.807) is 0 Å². The second-order valence-electron chi connectivity index (χ2n) is 2.16. The molecule has 0 heterocycles. The molecule has 0 spiro atoms. The van der Waals surface area contributed by atoms with E-state index in [0.29, 0.717) is 0 Å². The second-order valence-corrected chi connectivity index (χ2v) is 2.16. The lowest BCUT2D eigenvalue weighted by Gasteiger charge is -1.96. The third kappa shape index (κ3) is 15.6. The largest absolute Gasteiger partial charge is 0.320 e. The van der Waals surface area contributed by atoms with Gasteiger partial charge in [-0.1, -0.05) is 19.4 Å². The van der Waals surface area contributed by atoms with Gasteiger partial charge in [0.25, 0.3) is 0 Å². The Bertz CT molecular complexity index is 67.1. The molecule has 0 bridgehead atoms. The minimum Gasteiger partial charge on any atom is -0.320 e. The van der Waals surface area contributed by atoms with Crippen LogP contribution in [0.1, 0.15) is 33.6 Å². The van der Waals surface area contributed by atoms with Crippen LogP contribution < -0.4 is 5.32 Å². The number of hydrogen-bond acceptors (Lipinski definition) is 1. The number of rotatable bonds is 4. The number of hydrogen-bond donors (Lipinski definition) is 1. The smallest absolute Gasteiger partial charge is 0.00489 e. The normalized spacial score (nSPS) is 8.00. The Balaban J connectivity index is 0. The van der Waals surface area contributed by atoms with Gasteiger partial charge in [0, 0.05) is 0 Å². The van der Waals surface area contributed by atoms with Crippen molar-refractivity contribution in [3.63, 3.8) is 0 Å². The molecule has 0 aliphatic heterocycles. The van der Waals surface area contributed by atoms with E-state index in [-0.39, 0.29) is 0 Å². The maximum absolute atomic E-state index is 3.80. The first-order valence-corrected chi connectivity index (χ1v) is 4.06. The minimum atomic E-state index is 1.10. The molecule has 0 fully saturated rings. The van der Waals surface area contributed by atoms with Crippen LogP contribution in [-0.2, 0) is 0 Å². The van der Waals surface area contributed by atoms with E-state index < -0.39 is 0 Å². The molecule has 0 saturated heterocycles. The molecule has 0 aromatic rings. The predicted octanol–water partition coefficient (Wildman–Crippen LogP) is 2.59. The third-order valence-electron chi connectivity index (χ3n) is 1.03. The first-order chi connectivity index (χ1) is 4.77. The molecule has 0 aliphatic rings. The molecule has 1 N–H and O–H groups in total. The zero-order valence-corrected chi connectivity index (χ0v) is 7.83. The molecule has 0 amide bonds. The Hall–Kier alpha value is -0.300. The van der Waals surface area contributed by atoms with Gasteiger partial charge in [0.05, 0.1) is 0 Å². The van der Waals surface area contributed by atoms with E-state index in [4.69, 9.17) is 0 Å². The van der Waals surface area contributed by atoms with Gasteiger partial charge >= 0.3 is 0 Å². The highest BCUT2D eigenvalue weighted by Gasteiger charge is 1.83. The fourth-order valence-corrected chi connectivity index (χ4v) is 0.567. The van der Waals surface area contributed by atoms with Crippen molar-refractivity contribution >= 4 is 0 Å². The molecule has 0 unspecified atom stereocenters. The van der Waals surface area contributed by atoms with Gasteiger partial charge < -0.3 is 5.32 Å². The van der Waals surface area contributed by atoms with Crippen molar-refractivity contribution in [3.8, 4) is 0 Å². The summed E-state index contributed by atoms with van der Waals surface area (Å²) >= 11 is 0. The van der Waals surface area contributed by atoms with Crippen molar-refractivity contribution in [2.24, 2.45) is 0 Å². The zero-order chi connectivity index (χ0) is 8.41. The summed E-state index contributed by atoms with van der Waals surface area (Å²) in [6.07, 6.45) is 2.37. The van der Waals surface area contributed by atoms with E-state index in [0.717, 1.165) is 13.0 Å². The predicted molar refractivity (Wildman–Crippen MR) is 49.3 cm³/mol. The highest BCUT2D eigenvalue weighted by Crippen LogP contribution is 1.97. The summed E-state index contributed by atoms with van der Waals surface area (Å²) in [5.41, 5.74) is 1.28. The van der Waals surface area contributed by atoms with E-state index in [1.807, 2.05) is 20.9 Å². The third-order valence-corrected chi connectivity index (χ3v) is 1.03. The molecular formula is C9H21N. The molecule has 0 radical (unpaired) electrons. The first kappa shape index (κ1) is 12.4. The Morgan fingerprint density at radius 3 is 2.20 bits per heavy atom. The summed E-state index contributed by atoms with van der Waals surface area (Å²) < 4.78 is 0. The van der Waals surface area contributed by atoms with Gasteiger partial charge in [-0.3, -0.25) is 0 Å². The van der Waals surface area contributed by atoms with E-state index in [2.05, 4.69) is 18.8 Å². The lowest BCUT2D eigenvalue weighted by molar-refractivity contribution is 0.722. The van der Waals surface area contributed by atoms with Crippen molar-refractivity contribution in [2.75, 3.05) is 13.6 Å². The molecule has 0 atom stereocenters. The van der Waals surface area contributed by atoms with Crippen LogP contribution in [0, 0.1) is 0 Å². The van der Waals surface area contributed by atoms with Gasteiger partial charge in [-0.25, -0.2) is 0 Å². The van der Waals surface area contributed by atoms with Crippen LogP contribution in [0.25, 0.3) is 0 Å². The van der Waals surface area contributed by atoms with Gasteiger partial charge in [0.2, 0.25) is 0 Å². The second kappa shape index (κ2) is 11.5. The fourth-order valence-electron chi connectivity index (χ4n) is 0.567. The van der Waals surface area contributed by atoms with Crippen LogP contribution in [0.2, 0.25) is 0 Å². The molecule has 0 rings (SSSR count). The minimum absolute atomic E-state index is 1.10. The van der Waals surface area contributed by atoms with Crippen molar-refractivity contribution in [1.29, 1.82) is 0 Å². The summed E-state index contributed by atoms with van der Waals surface area (Å²) in [6, 6.07) is 0. The molecule has 62 valence electrons. The van der Waals surface area contributed by atoms with Crippen LogP contribution in [0.3, 0.4) is 0 Å². The highest BCUT2D eigenvalue weighted by molar-refractivity contribution is 4.87. The summed E-state index contributed by atoms with van der Waals surface area (Å²) in [6.45, 7) is 11.0. The maximum atomic E-state index is 3.80. The van der Waals surface area contributed by atoms with Gasteiger partial charge in [-0.2, -0.15) is 0 Å². The number of allylic oxidation sites excluding steroid dienone is 1.